The smallest absolute Gasteiger partial charge is 0.325 e. The van der Waals surface area contributed by atoms with Gasteiger partial charge >= 0.3 is 5.97 Å². The number of aromatic nitrogens is 4. The highest BCUT2D eigenvalue weighted by Gasteiger charge is 2.47. The summed E-state index contributed by atoms with van der Waals surface area (Å²) in [6.07, 6.45) is -2.93. The molecular formula is C13H16N6O6. The fraction of sp³-hybridized carbons (Fsp3) is 0.462. The summed E-state index contributed by atoms with van der Waals surface area (Å²) >= 11 is 0. The van der Waals surface area contributed by atoms with Gasteiger partial charge in [0.05, 0.1) is 13.4 Å². The Labute approximate surface area is 140 Å². The number of aliphatic hydroxyl groups is 2. The Morgan fingerprint density at radius 2 is 2.12 bits per heavy atom. The van der Waals surface area contributed by atoms with Gasteiger partial charge in [0.15, 0.2) is 23.8 Å². The molecular weight excluding hydrogens is 336 g/mol. The summed E-state index contributed by atoms with van der Waals surface area (Å²) < 4.78 is 11.2. The lowest BCUT2D eigenvalue weighted by atomic mass is 10.1. The van der Waals surface area contributed by atoms with Gasteiger partial charge < -0.3 is 30.7 Å². The van der Waals surface area contributed by atoms with E-state index in [1.807, 2.05) is 0 Å². The second kappa shape index (κ2) is 6.58. The quantitative estimate of drug-likeness (QED) is 0.424. The van der Waals surface area contributed by atoms with Crippen molar-refractivity contribution in [2.75, 3.05) is 19.4 Å². The fourth-order valence-electron chi connectivity index (χ4n) is 2.49. The zero-order valence-electron chi connectivity index (χ0n) is 13.1. The molecule has 1 aliphatic rings. The number of hydrogen-bond donors (Lipinski definition) is 4. The topological polar surface area (TPSA) is 175 Å². The van der Waals surface area contributed by atoms with Crippen LogP contribution in [0.15, 0.2) is 12.7 Å². The predicted molar refractivity (Wildman–Crippen MR) is 80.7 cm³/mol. The molecule has 0 aromatic carbocycles. The number of hydrogen-bond acceptors (Lipinski definition) is 10. The summed E-state index contributed by atoms with van der Waals surface area (Å²) in [5, 5.41) is 22.6. The monoisotopic (exact) mass is 352 g/mol. The lowest BCUT2D eigenvalue weighted by Crippen LogP contribution is -2.44. The maximum Gasteiger partial charge on any atom is 0.325 e. The molecule has 4 atom stereocenters. The van der Waals surface area contributed by atoms with Gasteiger partial charge in [0.2, 0.25) is 0 Å². The number of imidazole rings is 1. The van der Waals surface area contributed by atoms with Crippen molar-refractivity contribution in [1.82, 2.24) is 24.8 Å². The van der Waals surface area contributed by atoms with Gasteiger partial charge in [0.25, 0.3) is 5.91 Å². The highest BCUT2D eigenvalue weighted by molar-refractivity contribution is 5.86. The molecule has 1 fully saturated rings. The van der Waals surface area contributed by atoms with Crippen molar-refractivity contribution in [2.24, 2.45) is 0 Å². The molecule has 2 aromatic rings. The van der Waals surface area contributed by atoms with Crippen LogP contribution in [0.25, 0.3) is 11.2 Å². The number of carbonyl (C=O) groups excluding carboxylic acids is 2. The minimum absolute atomic E-state index is 0.143. The van der Waals surface area contributed by atoms with Crippen LogP contribution in [0.4, 0.5) is 5.82 Å². The molecule has 0 bridgehead atoms. The van der Waals surface area contributed by atoms with Crippen LogP contribution in [0.1, 0.15) is 6.23 Å². The van der Waals surface area contributed by atoms with Crippen LogP contribution in [0.3, 0.4) is 0 Å². The lowest BCUT2D eigenvalue weighted by molar-refractivity contribution is -0.144. The minimum atomic E-state index is -1.51. The van der Waals surface area contributed by atoms with E-state index in [1.165, 1.54) is 24.3 Å². The third-order valence-corrected chi connectivity index (χ3v) is 3.79. The number of nitrogen functional groups attached to an aromatic ring is 1. The van der Waals surface area contributed by atoms with Gasteiger partial charge in [-0.2, -0.15) is 0 Å². The van der Waals surface area contributed by atoms with Gasteiger partial charge in [-0.1, -0.05) is 0 Å². The summed E-state index contributed by atoms with van der Waals surface area (Å²) in [7, 11) is 1.17. The summed E-state index contributed by atoms with van der Waals surface area (Å²) in [4.78, 5) is 35.0. The van der Waals surface area contributed by atoms with Crippen molar-refractivity contribution in [3.8, 4) is 0 Å². The summed E-state index contributed by atoms with van der Waals surface area (Å²) in [6, 6.07) is 0. The van der Waals surface area contributed by atoms with E-state index in [4.69, 9.17) is 10.5 Å². The Morgan fingerprint density at radius 3 is 2.84 bits per heavy atom. The molecule has 1 saturated heterocycles. The van der Waals surface area contributed by atoms with Gasteiger partial charge in [-0.3, -0.25) is 14.2 Å². The molecule has 0 spiro atoms. The van der Waals surface area contributed by atoms with E-state index in [-0.39, 0.29) is 18.0 Å². The number of anilines is 1. The number of nitrogens with zero attached hydrogens (tertiary/aromatic N) is 4. The van der Waals surface area contributed by atoms with Crippen molar-refractivity contribution < 1.29 is 29.3 Å². The highest BCUT2D eigenvalue weighted by Crippen LogP contribution is 2.31. The van der Waals surface area contributed by atoms with Gasteiger partial charge in [-0.15, -0.1) is 0 Å². The first-order valence-electron chi connectivity index (χ1n) is 7.23. The largest absolute Gasteiger partial charge is 0.468 e. The number of rotatable bonds is 4. The first-order valence-corrected chi connectivity index (χ1v) is 7.23. The number of fused-ring (bicyclic) bond motifs is 1. The average molecular weight is 352 g/mol. The lowest BCUT2D eigenvalue weighted by Gasteiger charge is -2.16. The van der Waals surface area contributed by atoms with Crippen molar-refractivity contribution in [3.05, 3.63) is 12.7 Å². The molecule has 1 aliphatic heterocycles. The standard InChI is InChI=1S/C13H16N6O6/c1-24-5(20)2-15-12(23)9-7(21)8(22)13(25-9)19-4-18-6-10(14)16-3-17-11(6)19/h3-4,7-9,13,21-22H,2H2,1H3,(H,15,23)(H2,14,16,17)/t7-,8+,9-,13+/m0/s1. The Hall–Kier alpha value is -2.83. The van der Waals surface area contributed by atoms with Crippen LogP contribution < -0.4 is 11.1 Å². The van der Waals surface area contributed by atoms with Gasteiger partial charge in [0.1, 0.15) is 30.6 Å². The van der Waals surface area contributed by atoms with Crippen molar-refractivity contribution >= 4 is 28.9 Å². The molecule has 3 rings (SSSR count). The normalized spacial score (nSPS) is 25.9. The molecule has 12 heteroatoms. The number of amides is 1. The van der Waals surface area contributed by atoms with E-state index in [2.05, 4.69) is 25.0 Å². The van der Waals surface area contributed by atoms with Crippen molar-refractivity contribution in [3.63, 3.8) is 0 Å². The molecule has 3 heterocycles. The summed E-state index contributed by atoms with van der Waals surface area (Å²) in [6.45, 7) is -0.388. The number of methoxy groups -OCH3 is 1. The number of aliphatic hydroxyl groups excluding tert-OH is 2. The Bertz CT molecular complexity index is 809. The zero-order chi connectivity index (χ0) is 18.1. The van der Waals surface area contributed by atoms with Crippen LogP contribution in [-0.2, 0) is 19.1 Å². The second-order valence-corrected chi connectivity index (χ2v) is 5.31. The Balaban J connectivity index is 1.81. The van der Waals surface area contributed by atoms with Gasteiger partial charge in [0, 0.05) is 0 Å². The summed E-state index contributed by atoms with van der Waals surface area (Å²) in [5.41, 5.74) is 6.27. The van der Waals surface area contributed by atoms with E-state index in [1.54, 1.807) is 0 Å². The van der Waals surface area contributed by atoms with E-state index in [0.29, 0.717) is 5.52 Å². The second-order valence-electron chi connectivity index (χ2n) is 5.31. The molecule has 0 aliphatic carbocycles. The van der Waals surface area contributed by atoms with E-state index < -0.39 is 36.4 Å². The number of esters is 1. The van der Waals surface area contributed by atoms with Crippen LogP contribution >= 0.6 is 0 Å². The molecule has 2 aromatic heterocycles. The third kappa shape index (κ3) is 2.97. The molecule has 134 valence electrons. The van der Waals surface area contributed by atoms with Crippen LogP contribution in [0, 0.1) is 0 Å². The van der Waals surface area contributed by atoms with E-state index >= 15 is 0 Å². The molecule has 12 nitrogen and oxygen atoms in total. The van der Waals surface area contributed by atoms with Crippen molar-refractivity contribution in [2.45, 2.75) is 24.5 Å². The number of nitrogens with two attached hydrogens (primary N) is 1. The number of carbonyl (C=O) groups is 2. The van der Waals surface area contributed by atoms with Crippen molar-refractivity contribution in [1.29, 1.82) is 0 Å². The van der Waals surface area contributed by atoms with Gasteiger partial charge in [-0.05, 0) is 0 Å². The molecule has 1 amide bonds. The van der Waals surface area contributed by atoms with E-state index in [0.717, 1.165) is 0 Å². The predicted octanol–water partition coefficient (Wildman–Crippen LogP) is -2.68. The maximum absolute atomic E-state index is 12.1. The first kappa shape index (κ1) is 17.0. The molecule has 25 heavy (non-hydrogen) atoms. The molecule has 0 radical (unpaired) electrons. The number of nitrogens with one attached hydrogen (secondary N) is 1. The van der Waals surface area contributed by atoms with Crippen LogP contribution in [-0.4, -0.2) is 73.6 Å². The Morgan fingerprint density at radius 1 is 1.36 bits per heavy atom. The van der Waals surface area contributed by atoms with Gasteiger partial charge in [-0.25, -0.2) is 15.0 Å². The number of ether oxygens (including phenoxy) is 2. The summed E-state index contributed by atoms with van der Waals surface area (Å²) in [5.74, 6) is -1.28. The molecule has 0 unspecified atom stereocenters. The zero-order valence-corrected chi connectivity index (χ0v) is 13.1. The third-order valence-electron chi connectivity index (χ3n) is 3.79. The van der Waals surface area contributed by atoms with Crippen LogP contribution in [0.5, 0.6) is 0 Å². The highest BCUT2D eigenvalue weighted by atomic mass is 16.6. The Kier molecular flexibility index (Phi) is 4.48. The first-order chi connectivity index (χ1) is 11.9. The average Bonchev–Trinajstić information content (AvgIpc) is 3.15. The minimum Gasteiger partial charge on any atom is -0.468 e. The molecule has 5 N–H and O–H groups in total. The maximum atomic E-state index is 12.1. The van der Waals surface area contributed by atoms with Crippen LogP contribution in [0.2, 0.25) is 0 Å². The van der Waals surface area contributed by atoms with E-state index in [9.17, 15) is 19.8 Å². The molecule has 0 saturated carbocycles. The SMILES string of the molecule is COC(=O)CNC(=O)[C@H]1O[C@@H](n2cnc3c(N)ncnc32)[C@H](O)[C@@H]1O. The fourth-order valence-corrected chi connectivity index (χ4v) is 2.49.